The number of nitrogens with one attached hydrogen (secondary N) is 2. The molecule has 0 unspecified atom stereocenters. The molecule has 2 heterocycles. The minimum atomic E-state index is -0.320. The molecule has 2 saturated heterocycles. The highest BCUT2D eigenvalue weighted by Crippen LogP contribution is 2.30. The van der Waals surface area contributed by atoms with Gasteiger partial charge in [0, 0.05) is 26.2 Å². The summed E-state index contributed by atoms with van der Waals surface area (Å²) < 4.78 is 5.36. The Hall–Kier alpha value is -0.650. The predicted molar refractivity (Wildman–Crippen MR) is 88.9 cm³/mol. The van der Waals surface area contributed by atoms with Crippen LogP contribution in [0.15, 0.2) is 0 Å². The largest absolute Gasteiger partial charge is 0.384 e. The van der Waals surface area contributed by atoms with Crippen molar-refractivity contribution in [1.82, 2.24) is 15.5 Å². The lowest BCUT2D eigenvalue weighted by atomic mass is 9.78. The average Bonchev–Trinajstić information content (AvgIpc) is 2.55. The monoisotopic (exact) mass is 311 g/mol. The quantitative estimate of drug-likeness (QED) is 0.746. The van der Waals surface area contributed by atoms with Crippen LogP contribution < -0.4 is 10.6 Å². The Balaban J connectivity index is 1.81. The second kappa shape index (κ2) is 8.85. The van der Waals surface area contributed by atoms with Gasteiger partial charge in [0.25, 0.3) is 0 Å². The summed E-state index contributed by atoms with van der Waals surface area (Å²) >= 11 is 0. The molecule has 0 aromatic rings. The van der Waals surface area contributed by atoms with Crippen molar-refractivity contribution in [2.24, 2.45) is 5.41 Å². The first-order chi connectivity index (χ1) is 10.7. The maximum Gasteiger partial charge on any atom is 0.228 e. The molecular formula is C17H33N3O2. The van der Waals surface area contributed by atoms with Gasteiger partial charge in [-0.1, -0.05) is 13.3 Å². The summed E-state index contributed by atoms with van der Waals surface area (Å²) in [6, 6.07) is 0.342. The van der Waals surface area contributed by atoms with Gasteiger partial charge in [0.1, 0.15) is 0 Å². The summed E-state index contributed by atoms with van der Waals surface area (Å²) in [4.78, 5) is 15.3. The highest BCUT2D eigenvalue weighted by atomic mass is 16.5. The van der Waals surface area contributed by atoms with Gasteiger partial charge in [0.15, 0.2) is 0 Å². The van der Waals surface area contributed by atoms with Gasteiger partial charge in [0.2, 0.25) is 5.91 Å². The molecule has 2 N–H and O–H groups in total. The summed E-state index contributed by atoms with van der Waals surface area (Å²) in [6.45, 7) is 8.03. The van der Waals surface area contributed by atoms with Crippen LogP contribution in [-0.4, -0.2) is 63.3 Å². The Morgan fingerprint density at radius 3 is 2.59 bits per heavy atom. The number of ether oxygens (including phenoxy) is 1. The van der Waals surface area contributed by atoms with Crippen LogP contribution in [0.2, 0.25) is 0 Å². The van der Waals surface area contributed by atoms with Gasteiger partial charge >= 0.3 is 0 Å². The number of piperidine rings is 2. The molecular weight excluding hydrogens is 278 g/mol. The van der Waals surface area contributed by atoms with E-state index in [9.17, 15) is 4.79 Å². The molecule has 2 fully saturated rings. The predicted octanol–water partition coefficient (Wildman–Crippen LogP) is 1.38. The molecule has 0 aliphatic carbocycles. The van der Waals surface area contributed by atoms with E-state index in [0.717, 1.165) is 51.9 Å². The lowest BCUT2D eigenvalue weighted by Gasteiger charge is -2.38. The topological polar surface area (TPSA) is 53.6 Å². The van der Waals surface area contributed by atoms with Gasteiger partial charge in [-0.05, 0) is 51.7 Å². The van der Waals surface area contributed by atoms with Gasteiger partial charge in [-0.25, -0.2) is 0 Å². The van der Waals surface area contributed by atoms with E-state index in [-0.39, 0.29) is 11.3 Å². The number of carbonyl (C=O) groups is 1. The van der Waals surface area contributed by atoms with Gasteiger partial charge in [-0.15, -0.1) is 0 Å². The SMILES string of the molecule is CCCCN1CCC(NC(=O)C2(COC)CCNCC2)CC1. The van der Waals surface area contributed by atoms with Crippen molar-refractivity contribution in [1.29, 1.82) is 0 Å². The third-order valence-corrected chi connectivity index (χ3v) is 5.21. The van der Waals surface area contributed by atoms with Crippen LogP contribution >= 0.6 is 0 Å². The number of amides is 1. The third-order valence-electron chi connectivity index (χ3n) is 5.21. The Kier molecular flexibility index (Phi) is 7.12. The van der Waals surface area contributed by atoms with Crippen LogP contribution in [0.1, 0.15) is 45.4 Å². The normalized spacial score (nSPS) is 23.4. The lowest BCUT2D eigenvalue weighted by molar-refractivity contribution is -0.137. The van der Waals surface area contributed by atoms with Gasteiger partial charge in [0.05, 0.1) is 12.0 Å². The number of methoxy groups -OCH3 is 1. The van der Waals surface area contributed by atoms with Crippen molar-refractivity contribution in [3.05, 3.63) is 0 Å². The van der Waals surface area contributed by atoms with Gasteiger partial charge in [-0.3, -0.25) is 4.79 Å². The third kappa shape index (κ3) is 4.67. The molecule has 128 valence electrons. The van der Waals surface area contributed by atoms with Crippen LogP contribution in [0, 0.1) is 5.41 Å². The van der Waals surface area contributed by atoms with Crippen LogP contribution in [0.4, 0.5) is 0 Å². The fourth-order valence-electron chi connectivity index (χ4n) is 3.64. The van der Waals surface area contributed by atoms with E-state index in [2.05, 4.69) is 22.5 Å². The average molecular weight is 311 g/mol. The molecule has 2 aliphatic rings. The number of rotatable bonds is 7. The highest BCUT2D eigenvalue weighted by molar-refractivity contribution is 5.83. The first-order valence-electron chi connectivity index (χ1n) is 8.93. The maximum absolute atomic E-state index is 12.8. The maximum atomic E-state index is 12.8. The number of hydrogen-bond donors (Lipinski definition) is 2. The zero-order valence-electron chi connectivity index (χ0n) is 14.3. The fourth-order valence-corrected chi connectivity index (χ4v) is 3.64. The van der Waals surface area contributed by atoms with Crippen LogP contribution in [0.25, 0.3) is 0 Å². The van der Waals surface area contributed by atoms with Gasteiger partial charge < -0.3 is 20.3 Å². The highest BCUT2D eigenvalue weighted by Gasteiger charge is 2.40. The molecule has 5 nitrogen and oxygen atoms in total. The van der Waals surface area contributed by atoms with E-state index in [4.69, 9.17) is 4.74 Å². The molecule has 0 bridgehead atoms. The molecule has 0 saturated carbocycles. The summed E-state index contributed by atoms with van der Waals surface area (Å²) in [5, 5.41) is 6.66. The van der Waals surface area contributed by atoms with E-state index >= 15 is 0 Å². The zero-order valence-corrected chi connectivity index (χ0v) is 14.3. The van der Waals surface area contributed by atoms with E-state index in [1.54, 1.807) is 7.11 Å². The summed E-state index contributed by atoms with van der Waals surface area (Å²) in [5.74, 6) is 0.211. The Labute approximate surface area is 135 Å². The standard InChI is InChI=1S/C17H33N3O2/c1-3-4-11-20-12-5-15(6-13-20)19-16(21)17(14-22-2)7-9-18-10-8-17/h15,18H,3-14H2,1-2H3,(H,19,21). The van der Waals surface area contributed by atoms with E-state index < -0.39 is 0 Å². The number of nitrogens with zero attached hydrogens (tertiary/aromatic N) is 1. The van der Waals surface area contributed by atoms with E-state index in [1.165, 1.54) is 19.4 Å². The van der Waals surface area contributed by atoms with Crippen LogP contribution in [0.3, 0.4) is 0 Å². The molecule has 0 atom stereocenters. The summed E-state index contributed by atoms with van der Waals surface area (Å²) in [7, 11) is 1.70. The molecule has 22 heavy (non-hydrogen) atoms. The van der Waals surface area contributed by atoms with Gasteiger partial charge in [-0.2, -0.15) is 0 Å². The van der Waals surface area contributed by atoms with E-state index in [1.807, 2.05) is 0 Å². The molecule has 0 spiro atoms. The number of unbranched alkanes of at least 4 members (excludes halogenated alkanes) is 1. The minimum absolute atomic E-state index is 0.211. The van der Waals surface area contributed by atoms with E-state index in [0.29, 0.717) is 12.6 Å². The molecule has 2 aliphatic heterocycles. The molecule has 1 amide bonds. The number of hydrogen-bond acceptors (Lipinski definition) is 4. The van der Waals surface area contributed by atoms with Crippen LogP contribution in [0.5, 0.6) is 0 Å². The van der Waals surface area contributed by atoms with Crippen molar-refractivity contribution < 1.29 is 9.53 Å². The fraction of sp³-hybridized carbons (Fsp3) is 0.941. The molecule has 2 rings (SSSR count). The number of likely N-dealkylation sites (tertiary alicyclic amines) is 1. The summed E-state index contributed by atoms with van der Waals surface area (Å²) in [6.07, 6.45) is 6.45. The van der Waals surface area contributed by atoms with Crippen molar-refractivity contribution in [3.63, 3.8) is 0 Å². The lowest BCUT2D eigenvalue weighted by Crippen LogP contribution is -2.54. The molecule has 0 aromatic heterocycles. The van der Waals surface area contributed by atoms with Crippen molar-refractivity contribution in [3.8, 4) is 0 Å². The second-order valence-corrected chi connectivity index (χ2v) is 6.91. The zero-order chi connectivity index (χ0) is 15.8. The second-order valence-electron chi connectivity index (χ2n) is 6.91. The Morgan fingerprint density at radius 2 is 2.00 bits per heavy atom. The first kappa shape index (κ1) is 17.7. The minimum Gasteiger partial charge on any atom is -0.384 e. The summed E-state index contributed by atoms with van der Waals surface area (Å²) in [5.41, 5.74) is -0.320. The Morgan fingerprint density at radius 1 is 1.32 bits per heavy atom. The Bertz CT molecular complexity index is 329. The molecule has 0 radical (unpaired) electrons. The molecule has 0 aromatic carbocycles. The molecule has 5 heteroatoms. The smallest absolute Gasteiger partial charge is 0.228 e. The van der Waals surface area contributed by atoms with Crippen molar-refractivity contribution in [2.45, 2.75) is 51.5 Å². The number of carbonyl (C=O) groups excluding carboxylic acids is 1. The van der Waals surface area contributed by atoms with Crippen molar-refractivity contribution in [2.75, 3.05) is 46.4 Å². The van der Waals surface area contributed by atoms with Crippen LogP contribution in [-0.2, 0) is 9.53 Å². The van der Waals surface area contributed by atoms with Crippen molar-refractivity contribution >= 4 is 5.91 Å². The first-order valence-corrected chi connectivity index (χ1v) is 8.93.